The molecule has 0 amide bonds. The van der Waals surface area contributed by atoms with Gasteiger partial charge in [0.25, 0.3) is 0 Å². The third kappa shape index (κ3) is 4.14. The van der Waals surface area contributed by atoms with E-state index >= 15 is 0 Å². The molecule has 0 aliphatic carbocycles. The number of aryl methyl sites for hydroxylation is 1. The van der Waals surface area contributed by atoms with Crippen molar-refractivity contribution in [2.45, 2.75) is 0 Å². The molecule has 0 fully saturated rings. The fourth-order valence-electron chi connectivity index (χ4n) is 8.67. The SMILES string of the molecule is Cn1c2ccccc2c2cc(-c3ccc4c(c3)c3cccc(-c5ccc6c7ccccc7n(-c7ccccc7)c6c5)c3n4-c3ccccc3)ccc21. The zero-order valence-corrected chi connectivity index (χ0v) is 28.7. The average molecular weight is 664 g/mol. The van der Waals surface area contributed by atoms with Crippen molar-refractivity contribution in [1.29, 1.82) is 0 Å². The molecule has 0 atom stereocenters. The highest BCUT2D eigenvalue weighted by Gasteiger charge is 2.19. The summed E-state index contributed by atoms with van der Waals surface area (Å²) in [4.78, 5) is 0. The highest BCUT2D eigenvalue weighted by Crippen LogP contribution is 2.42. The maximum Gasteiger partial charge on any atom is 0.0619 e. The Labute approximate surface area is 300 Å². The van der Waals surface area contributed by atoms with Gasteiger partial charge >= 0.3 is 0 Å². The summed E-state index contributed by atoms with van der Waals surface area (Å²) in [6, 6.07) is 66.6. The molecule has 11 aromatic rings. The van der Waals surface area contributed by atoms with Gasteiger partial charge in [0.1, 0.15) is 0 Å². The Bertz CT molecular complexity index is 3180. The van der Waals surface area contributed by atoms with E-state index < -0.39 is 0 Å². The molecule has 52 heavy (non-hydrogen) atoms. The number of nitrogens with zero attached hydrogens (tertiary/aromatic N) is 3. The Balaban J connectivity index is 1.17. The fourth-order valence-corrected chi connectivity index (χ4v) is 8.67. The number of hydrogen-bond acceptors (Lipinski definition) is 0. The minimum Gasteiger partial charge on any atom is -0.344 e. The summed E-state index contributed by atoms with van der Waals surface area (Å²) >= 11 is 0. The monoisotopic (exact) mass is 663 g/mol. The smallest absolute Gasteiger partial charge is 0.0619 e. The van der Waals surface area contributed by atoms with E-state index in [9.17, 15) is 0 Å². The molecule has 0 aliphatic rings. The van der Waals surface area contributed by atoms with E-state index in [-0.39, 0.29) is 0 Å². The Kier molecular flexibility index (Phi) is 6.17. The lowest BCUT2D eigenvalue weighted by Crippen LogP contribution is -1.96. The van der Waals surface area contributed by atoms with Crippen LogP contribution in [0.15, 0.2) is 182 Å². The first-order valence-electron chi connectivity index (χ1n) is 17.9. The topological polar surface area (TPSA) is 14.8 Å². The second-order valence-corrected chi connectivity index (χ2v) is 13.8. The molecule has 0 spiro atoms. The van der Waals surface area contributed by atoms with Crippen LogP contribution in [0.1, 0.15) is 0 Å². The van der Waals surface area contributed by atoms with Gasteiger partial charge in [-0.1, -0.05) is 115 Å². The molecule has 11 rings (SSSR count). The number of aromatic nitrogens is 3. The van der Waals surface area contributed by atoms with Crippen molar-refractivity contribution in [1.82, 2.24) is 13.7 Å². The maximum atomic E-state index is 2.45. The van der Waals surface area contributed by atoms with Crippen LogP contribution in [0.25, 0.3) is 99.0 Å². The van der Waals surface area contributed by atoms with Crippen molar-refractivity contribution < 1.29 is 0 Å². The van der Waals surface area contributed by atoms with Gasteiger partial charge in [0.2, 0.25) is 0 Å². The summed E-state index contributed by atoms with van der Waals surface area (Å²) in [5.41, 5.74) is 14.5. The second-order valence-electron chi connectivity index (χ2n) is 13.8. The second kappa shape index (κ2) is 11.1. The molecule has 0 saturated heterocycles. The number of hydrogen-bond donors (Lipinski definition) is 0. The molecule has 0 unspecified atom stereocenters. The van der Waals surface area contributed by atoms with Crippen LogP contribution >= 0.6 is 0 Å². The molecule has 8 aromatic carbocycles. The minimum atomic E-state index is 1.15. The largest absolute Gasteiger partial charge is 0.344 e. The first kappa shape index (κ1) is 28.9. The lowest BCUT2D eigenvalue weighted by Gasteiger charge is -2.13. The standard InChI is InChI=1S/C49H33N3/c1-50-44-21-10-8-18-39(44)42-29-32(24-27-45(42)50)33-25-28-47-43(30-33)41-20-12-19-37(49(41)52(47)36-15-6-3-7-16-36)34-23-26-40-38-17-9-11-22-46(38)51(48(40)31-34)35-13-4-2-5-14-35/h2-31H,1H3. The molecule has 3 heterocycles. The number of rotatable bonds is 4. The first-order chi connectivity index (χ1) is 25.7. The molecule has 0 N–H and O–H groups in total. The molecular weight excluding hydrogens is 631 g/mol. The average Bonchev–Trinajstić information content (AvgIpc) is 3.83. The van der Waals surface area contributed by atoms with E-state index in [1.807, 2.05) is 0 Å². The van der Waals surface area contributed by atoms with Gasteiger partial charge in [-0.3, -0.25) is 0 Å². The normalized spacial score (nSPS) is 11.9. The van der Waals surface area contributed by atoms with Gasteiger partial charge in [0.05, 0.1) is 22.1 Å². The highest BCUT2D eigenvalue weighted by atomic mass is 15.0. The van der Waals surface area contributed by atoms with Gasteiger partial charge in [-0.25, -0.2) is 0 Å². The number of fused-ring (bicyclic) bond motifs is 9. The molecule has 0 bridgehead atoms. The van der Waals surface area contributed by atoms with Gasteiger partial charge < -0.3 is 13.7 Å². The van der Waals surface area contributed by atoms with E-state index in [0.717, 1.165) is 11.4 Å². The van der Waals surface area contributed by atoms with E-state index in [1.165, 1.54) is 87.7 Å². The summed E-state index contributed by atoms with van der Waals surface area (Å²) in [5, 5.41) is 7.58. The van der Waals surface area contributed by atoms with Crippen LogP contribution in [0.2, 0.25) is 0 Å². The lowest BCUT2D eigenvalue weighted by atomic mass is 9.98. The summed E-state index contributed by atoms with van der Waals surface area (Å²) in [5.74, 6) is 0. The predicted octanol–water partition coefficient (Wildman–Crippen LogP) is 12.9. The maximum absolute atomic E-state index is 2.45. The predicted molar refractivity (Wildman–Crippen MR) is 220 cm³/mol. The van der Waals surface area contributed by atoms with Crippen molar-refractivity contribution in [3.63, 3.8) is 0 Å². The third-order valence-electron chi connectivity index (χ3n) is 11.0. The third-order valence-corrected chi connectivity index (χ3v) is 11.0. The van der Waals surface area contributed by atoms with Gasteiger partial charge in [-0.15, -0.1) is 0 Å². The number of benzene rings is 8. The van der Waals surface area contributed by atoms with Crippen molar-refractivity contribution in [3.05, 3.63) is 182 Å². The van der Waals surface area contributed by atoms with Crippen LogP contribution in [0.5, 0.6) is 0 Å². The Morgan fingerprint density at radius 3 is 1.54 bits per heavy atom. The molecule has 3 heteroatoms. The van der Waals surface area contributed by atoms with Crippen molar-refractivity contribution in [2.24, 2.45) is 7.05 Å². The van der Waals surface area contributed by atoms with E-state index in [0.29, 0.717) is 0 Å². The van der Waals surface area contributed by atoms with Crippen LogP contribution < -0.4 is 0 Å². The summed E-state index contributed by atoms with van der Waals surface area (Å²) in [6.45, 7) is 0. The van der Waals surface area contributed by atoms with Crippen molar-refractivity contribution in [3.8, 4) is 33.6 Å². The van der Waals surface area contributed by atoms with Crippen LogP contribution in [-0.2, 0) is 7.05 Å². The van der Waals surface area contributed by atoms with Gasteiger partial charge in [0, 0.05) is 67.3 Å². The van der Waals surface area contributed by atoms with Crippen LogP contribution in [0.4, 0.5) is 0 Å². The van der Waals surface area contributed by atoms with E-state index in [4.69, 9.17) is 0 Å². The summed E-state index contributed by atoms with van der Waals surface area (Å²) < 4.78 is 7.15. The molecule has 0 aliphatic heterocycles. The minimum absolute atomic E-state index is 1.15. The number of para-hydroxylation sites is 5. The van der Waals surface area contributed by atoms with Gasteiger partial charge in [0.15, 0.2) is 0 Å². The Hall–Kier alpha value is -6.84. The highest BCUT2D eigenvalue weighted by molar-refractivity contribution is 6.16. The molecule has 3 nitrogen and oxygen atoms in total. The zero-order valence-electron chi connectivity index (χ0n) is 28.7. The molecular formula is C49H33N3. The lowest BCUT2D eigenvalue weighted by molar-refractivity contribution is 1.01. The van der Waals surface area contributed by atoms with Gasteiger partial charge in [-0.05, 0) is 83.4 Å². The molecule has 0 radical (unpaired) electrons. The molecule has 244 valence electrons. The summed E-state index contributed by atoms with van der Waals surface area (Å²) in [7, 11) is 2.16. The van der Waals surface area contributed by atoms with Gasteiger partial charge in [-0.2, -0.15) is 0 Å². The Morgan fingerprint density at radius 1 is 0.308 bits per heavy atom. The zero-order chi connectivity index (χ0) is 34.3. The fraction of sp³-hybridized carbons (Fsp3) is 0.0204. The van der Waals surface area contributed by atoms with Crippen LogP contribution in [0, 0.1) is 0 Å². The first-order valence-corrected chi connectivity index (χ1v) is 17.9. The van der Waals surface area contributed by atoms with Crippen molar-refractivity contribution in [2.75, 3.05) is 0 Å². The summed E-state index contributed by atoms with van der Waals surface area (Å²) in [6.07, 6.45) is 0. The quantitative estimate of drug-likeness (QED) is 0.178. The molecule has 3 aromatic heterocycles. The van der Waals surface area contributed by atoms with E-state index in [1.54, 1.807) is 0 Å². The van der Waals surface area contributed by atoms with Crippen molar-refractivity contribution >= 4 is 65.4 Å². The van der Waals surface area contributed by atoms with E-state index in [2.05, 4.69) is 203 Å². The van der Waals surface area contributed by atoms with Crippen LogP contribution in [-0.4, -0.2) is 13.7 Å². The Morgan fingerprint density at radius 2 is 0.808 bits per heavy atom. The van der Waals surface area contributed by atoms with Crippen LogP contribution in [0.3, 0.4) is 0 Å². The molecule has 0 saturated carbocycles.